The molecule has 10 rings (SSSR count). The van der Waals surface area contributed by atoms with E-state index in [1.54, 1.807) is 17.4 Å². The fraction of sp³-hybridized carbons (Fsp3) is 0.160. The van der Waals surface area contributed by atoms with E-state index in [4.69, 9.17) is 0 Å². The van der Waals surface area contributed by atoms with Gasteiger partial charge in [0.1, 0.15) is 11.6 Å². The Morgan fingerprint density at radius 1 is 0.684 bits per heavy atom. The number of nitrogens with zero attached hydrogens (tertiary/aromatic N) is 2. The van der Waals surface area contributed by atoms with Crippen molar-refractivity contribution in [2.75, 3.05) is 4.90 Å². The van der Waals surface area contributed by atoms with Gasteiger partial charge in [0, 0.05) is 57.5 Å². The maximum Gasteiger partial charge on any atom is 0.346 e. The lowest BCUT2D eigenvalue weighted by molar-refractivity contribution is -0.132. The Hall–Kier alpha value is -5.65. The molecule has 3 heterocycles. The van der Waals surface area contributed by atoms with Gasteiger partial charge >= 0.3 is 5.97 Å². The van der Waals surface area contributed by atoms with Gasteiger partial charge in [-0.05, 0) is 123 Å². The van der Waals surface area contributed by atoms with Gasteiger partial charge in [-0.1, -0.05) is 94.4 Å². The molecular weight excluding hydrogens is 757 g/mol. The fourth-order valence-electron chi connectivity index (χ4n) is 9.13. The standard InChI is InChI=1S/C50H38N2O2S3/c1-49(2)39-11-7-5-9-35(39)37-18-15-31(25-41(37)49)52(32-16-19-38-36-10-6-8-12-40(36)50(3,4)42(38)26-32)33-14-13-29-24-47(57-46(29)27-33)45-22-21-44(56-45)43-20-17-34(55-43)23-30(28-51)48(53)54/h5-23,25-27,47H,24H2,1-4H3,(H,53,54)/b30-23+. The smallest absolute Gasteiger partial charge is 0.346 e. The van der Waals surface area contributed by atoms with E-state index < -0.39 is 5.97 Å². The zero-order valence-electron chi connectivity index (χ0n) is 32.0. The van der Waals surface area contributed by atoms with Gasteiger partial charge in [0.05, 0.1) is 0 Å². The van der Waals surface area contributed by atoms with Crippen LogP contribution in [0.4, 0.5) is 17.1 Å². The Balaban J connectivity index is 1.01. The quantitative estimate of drug-likeness (QED) is 0.129. The average molecular weight is 795 g/mol. The zero-order valence-corrected chi connectivity index (χ0v) is 34.4. The molecule has 1 N–H and O–H groups in total. The van der Waals surface area contributed by atoms with E-state index in [2.05, 4.69) is 148 Å². The van der Waals surface area contributed by atoms with Crippen LogP contribution in [0.25, 0.3) is 38.1 Å². The topological polar surface area (TPSA) is 64.3 Å². The van der Waals surface area contributed by atoms with Crippen molar-refractivity contribution in [2.24, 2.45) is 0 Å². The van der Waals surface area contributed by atoms with E-state index in [-0.39, 0.29) is 16.4 Å². The molecule has 4 nitrogen and oxygen atoms in total. The number of hydrogen-bond donors (Lipinski definition) is 1. The molecule has 1 unspecified atom stereocenters. The van der Waals surface area contributed by atoms with Crippen molar-refractivity contribution in [1.29, 1.82) is 5.26 Å². The highest BCUT2D eigenvalue weighted by Gasteiger charge is 2.38. The van der Waals surface area contributed by atoms with Crippen LogP contribution in [-0.4, -0.2) is 11.1 Å². The lowest BCUT2D eigenvalue weighted by Gasteiger charge is -2.30. The molecule has 0 fully saturated rings. The maximum atomic E-state index is 11.4. The number of carboxylic acid groups (broad SMARTS) is 1. The van der Waals surface area contributed by atoms with Crippen molar-refractivity contribution in [2.45, 2.75) is 55.1 Å². The van der Waals surface area contributed by atoms with Gasteiger partial charge in [0.2, 0.25) is 0 Å². The summed E-state index contributed by atoms with van der Waals surface area (Å²) in [5.41, 5.74) is 15.1. The van der Waals surface area contributed by atoms with Crippen LogP contribution < -0.4 is 4.90 Å². The zero-order chi connectivity index (χ0) is 39.2. The number of thioether (sulfide) groups is 1. The van der Waals surface area contributed by atoms with Crippen LogP contribution in [0.3, 0.4) is 0 Å². The molecule has 3 aliphatic rings. The predicted molar refractivity (Wildman–Crippen MR) is 237 cm³/mol. The van der Waals surface area contributed by atoms with Crippen molar-refractivity contribution in [3.8, 4) is 38.1 Å². The number of nitriles is 1. The minimum atomic E-state index is -1.21. The van der Waals surface area contributed by atoms with Gasteiger partial charge < -0.3 is 10.0 Å². The summed E-state index contributed by atoms with van der Waals surface area (Å²) >= 11 is 5.24. The van der Waals surface area contributed by atoms with Crippen LogP contribution in [-0.2, 0) is 22.0 Å². The van der Waals surface area contributed by atoms with E-state index >= 15 is 0 Å². The molecule has 7 aromatic rings. The third-order valence-corrected chi connectivity index (χ3v) is 16.0. The maximum absolute atomic E-state index is 11.4. The largest absolute Gasteiger partial charge is 0.477 e. The van der Waals surface area contributed by atoms with E-state index in [1.165, 1.54) is 77.3 Å². The summed E-state index contributed by atoms with van der Waals surface area (Å²) in [6.07, 6.45) is 2.40. The molecule has 2 aliphatic carbocycles. The highest BCUT2D eigenvalue weighted by molar-refractivity contribution is 8.00. The number of fused-ring (bicyclic) bond motifs is 7. The van der Waals surface area contributed by atoms with Crippen LogP contribution in [0, 0.1) is 11.3 Å². The van der Waals surface area contributed by atoms with Gasteiger partial charge in [-0.15, -0.1) is 34.4 Å². The second-order valence-electron chi connectivity index (χ2n) is 16.1. The first-order valence-electron chi connectivity index (χ1n) is 19.1. The van der Waals surface area contributed by atoms with Crippen LogP contribution in [0.2, 0.25) is 0 Å². The SMILES string of the molecule is CC1(C)c2ccccc2-c2ccc(N(c3ccc4c(c3)SC(c3ccc(-c5ccc(/C=C(\C#N)C(=O)O)s5)s3)C4)c3ccc4c(c3)C(C)(C)c3ccccc3-4)cc21. The number of thiophene rings is 2. The summed E-state index contributed by atoms with van der Waals surface area (Å²) < 4.78 is 0. The lowest BCUT2D eigenvalue weighted by Crippen LogP contribution is -2.18. The van der Waals surface area contributed by atoms with Crippen LogP contribution in [0.1, 0.15) is 70.5 Å². The number of hydrogen-bond acceptors (Lipinski definition) is 6. The molecule has 5 aromatic carbocycles. The summed E-state index contributed by atoms with van der Waals surface area (Å²) in [7, 11) is 0. The molecule has 0 amide bonds. The van der Waals surface area contributed by atoms with Crippen LogP contribution in [0.5, 0.6) is 0 Å². The van der Waals surface area contributed by atoms with Gasteiger partial charge in [0.25, 0.3) is 0 Å². The Morgan fingerprint density at radius 2 is 1.23 bits per heavy atom. The van der Waals surface area contributed by atoms with Crippen molar-refractivity contribution in [1.82, 2.24) is 0 Å². The second kappa shape index (κ2) is 13.2. The number of carbonyl (C=O) groups is 1. The minimum absolute atomic E-state index is 0.116. The first kappa shape index (κ1) is 35.7. The second-order valence-corrected chi connectivity index (χ2v) is 19.6. The number of rotatable bonds is 7. The lowest BCUT2D eigenvalue weighted by atomic mass is 9.82. The molecule has 2 aromatic heterocycles. The number of benzene rings is 5. The van der Waals surface area contributed by atoms with E-state index in [0.29, 0.717) is 5.25 Å². The number of carboxylic acids is 1. The van der Waals surface area contributed by atoms with Crippen molar-refractivity contribution in [3.05, 3.63) is 171 Å². The van der Waals surface area contributed by atoms with Gasteiger partial charge in [0.15, 0.2) is 0 Å². The molecule has 0 radical (unpaired) electrons. The summed E-state index contributed by atoms with van der Waals surface area (Å²) in [4.78, 5) is 19.4. The predicted octanol–water partition coefficient (Wildman–Crippen LogP) is 13.9. The van der Waals surface area contributed by atoms with Crippen molar-refractivity contribution < 1.29 is 9.90 Å². The van der Waals surface area contributed by atoms with Crippen molar-refractivity contribution in [3.63, 3.8) is 0 Å². The molecule has 57 heavy (non-hydrogen) atoms. The van der Waals surface area contributed by atoms with E-state index in [9.17, 15) is 15.2 Å². The molecule has 0 spiro atoms. The summed E-state index contributed by atoms with van der Waals surface area (Å²) in [5.74, 6) is -1.21. The Bertz CT molecular complexity index is 2780. The number of anilines is 3. The summed E-state index contributed by atoms with van der Waals surface area (Å²) in [5, 5.41) is 18.8. The highest BCUT2D eigenvalue weighted by atomic mass is 32.2. The minimum Gasteiger partial charge on any atom is -0.477 e. The average Bonchev–Trinajstić information content (AvgIpc) is 4.05. The molecule has 1 atom stereocenters. The molecule has 1 aliphatic heterocycles. The fourth-order valence-corrected chi connectivity index (χ4v) is 12.7. The van der Waals surface area contributed by atoms with E-state index in [1.807, 2.05) is 23.9 Å². The first-order valence-corrected chi connectivity index (χ1v) is 21.7. The van der Waals surface area contributed by atoms with Crippen LogP contribution in [0.15, 0.2) is 138 Å². The summed E-state index contributed by atoms with van der Waals surface area (Å²) in [6.45, 7) is 9.39. The third kappa shape index (κ3) is 5.73. The Kier molecular flexibility index (Phi) is 8.28. The monoisotopic (exact) mass is 794 g/mol. The van der Waals surface area contributed by atoms with Gasteiger partial charge in [-0.2, -0.15) is 5.26 Å². The van der Waals surface area contributed by atoms with Crippen molar-refractivity contribution >= 4 is 63.5 Å². The molecular formula is C50H38N2O2S3. The Morgan fingerprint density at radius 3 is 1.84 bits per heavy atom. The molecule has 7 heteroatoms. The van der Waals surface area contributed by atoms with Crippen LogP contribution >= 0.6 is 34.4 Å². The molecule has 0 bridgehead atoms. The Labute approximate surface area is 345 Å². The van der Waals surface area contributed by atoms with Gasteiger partial charge in [-0.3, -0.25) is 0 Å². The molecule has 0 saturated carbocycles. The normalized spacial score (nSPS) is 16.6. The first-order chi connectivity index (χ1) is 27.5. The van der Waals surface area contributed by atoms with E-state index in [0.717, 1.165) is 38.1 Å². The van der Waals surface area contributed by atoms with Gasteiger partial charge in [-0.25, -0.2) is 4.79 Å². The number of aliphatic carboxylic acids is 1. The highest BCUT2D eigenvalue weighted by Crippen LogP contribution is 2.55. The molecule has 278 valence electrons. The third-order valence-electron chi connectivity index (χ3n) is 12.1. The molecule has 0 saturated heterocycles. The summed E-state index contributed by atoms with van der Waals surface area (Å²) in [6, 6.07) is 48.9.